The van der Waals surface area contributed by atoms with Crippen molar-refractivity contribution in [1.82, 2.24) is 4.98 Å². The van der Waals surface area contributed by atoms with Crippen molar-refractivity contribution in [2.24, 2.45) is 0 Å². The molecule has 4 aromatic rings. The number of aliphatic hydroxyl groups excluding tert-OH is 1. The van der Waals surface area contributed by atoms with E-state index in [4.69, 9.17) is 0 Å². The minimum absolute atomic E-state index is 0.282. The Kier molecular flexibility index (Phi) is 7.26. The highest BCUT2D eigenvalue weighted by Crippen LogP contribution is 2.24. The SMILES string of the molecule is CCc1ccc(/C(O)=C/C(=C\C/C=C/c2c[nH]c3ccccc23)c2ccc(CC)cc2)cc1. The Morgan fingerprint density at radius 3 is 2.12 bits per heavy atom. The summed E-state index contributed by atoms with van der Waals surface area (Å²) in [5.74, 6) is 0.282. The van der Waals surface area contributed by atoms with Gasteiger partial charge in [0.25, 0.3) is 0 Å². The second-order valence-electron chi connectivity index (χ2n) is 8.22. The zero-order valence-electron chi connectivity index (χ0n) is 19.4. The number of rotatable bonds is 8. The van der Waals surface area contributed by atoms with Crippen LogP contribution < -0.4 is 0 Å². The summed E-state index contributed by atoms with van der Waals surface area (Å²) in [6, 6.07) is 25.0. The number of hydrogen-bond donors (Lipinski definition) is 2. The van der Waals surface area contributed by atoms with Crippen LogP contribution in [0.4, 0.5) is 0 Å². The fourth-order valence-corrected chi connectivity index (χ4v) is 3.96. The molecule has 0 aliphatic heterocycles. The van der Waals surface area contributed by atoms with Gasteiger partial charge in [-0.2, -0.15) is 0 Å². The predicted octanol–water partition coefficient (Wildman–Crippen LogP) is 8.38. The maximum Gasteiger partial charge on any atom is 0.123 e. The molecule has 0 fully saturated rings. The Hall–Kier alpha value is -3.78. The molecule has 4 rings (SSSR count). The summed E-state index contributed by atoms with van der Waals surface area (Å²) in [6.07, 6.45) is 13.2. The molecule has 0 saturated heterocycles. The molecule has 33 heavy (non-hydrogen) atoms. The van der Waals surface area contributed by atoms with Gasteiger partial charge in [0.15, 0.2) is 0 Å². The Labute approximate surface area is 196 Å². The van der Waals surface area contributed by atoms with Crippen LogP contribution in [0, 0.1) is 0 Å². The van der Waals surface area contributed by atoms with E-state index < -0.39 is 0 Å². The molecule has 1 aromatic heterocycles. The van der Waals surface area contributed by atoms with E-state index >= 15 is 0 Å². The third kappa shape index (κ3) is 5.53. The number of aromatic amines is 1. The van der Waals surface area contributed by atoms with Crippen molar-refractivity contribution < 1.29 is 5.11 Å². The van der Waals surface area contributed by atoms with Gasteiger partial charge in [0.2, 0.25) is 0 Å². The molecular weight excluding hydrogens is 402 g/mol. The van der Waals surface area contributed by atoms with Crippen LogP contribution >= 0.6 is 0 Å². The molecule has 2 heteroatoms. The van der Waals surface area contributed by atoms with E-state index in [1.807, 2.05) is 30.5 Å². The maximum absolute atomic E-state index is 10.8. The number of benzene rings is 3. The van der Waals surface area contributed by atoms with Gasteiger partial charge in [-0.1, -0.05) is 98.8 Å². The largest absolute Gasteiger partial charge is 0.507 e. The molecule has 0 unspecified atom stereocenters. The fraction of sp³-hybridized carbons (Fsp3) is 0.161. The normalized spacial score (nSPS) is 12.7. The third-order valence-corrected chi connectivity index (χ3v) is 6.04. The summed E-state index contributed by atoms with van der Waals surface area (Å²) in [4.78, 5) is 3.32. The third-order valence-electron chi connectivity index (χ3n) is 6.04. The molecule has 0 spiro atoms. The van der Waals surface area contributed by atoms with Crippen molar-refractivity contribution in [1.29, 1.82) is 0 Å². The minimum atomic E-state index is 0.282. The quantitative estimate of drug-likeness (QED) is 0.212. The topological polar surface area (TPSA) is 36.0 Å². The van der Waals surface area contributed by atoms with E-state index in [0.29, 0.717) is 0 Å². The first-order chi connectivity index (χ1) is 16.2. The molecule has 0 amide bonds. The van der Waals surface area contributed by atoms with Crippen LogP contribution in [0.3, 0.4) is 0 Å². The van der Waals surface area contributed by atoms with Crippen LogP contribution in [-0.4, -0.2) is 10.1 Å². The van der Waals surface area contributed by atoms with Crippen molar-refractivity contribution >= 4 is 28.3 Å². The molecule has 1 heterocycles. The summed E-state index contributed by atoms with van der Waals surface area (Å²) < 4.78 is 0. The number of H-pyrrole nitrogens is 1. The highest BCUT2D eigenvalue weighted by Gasteiger charge is 2.05. The second kappa shape index (κ2) is 10.7. The summed E-state index contributed by atoms with van der Waals surface area (Å²) >= 11 is 0. The molecular formula is C31H31NO. The molecule has 2 N–H and O–H groups in total. The molecule has 166 valence electrons. The van der Waals surface area contributed by atoms with Crippen LogP contribution in [0.1, 0.15) is 48.1 Å². The van der Waals surface area contributed by atoms with Gasteiger partial charge in [0.1, 0.15) is 5.76 Å². The average molecular weight is 434 g/mol. The van der Waals surface area contributed by atoms with Crippen LogP contribution in [0.2, 0.25) is 0 Å². The maximum atomic E-state index is 10.8. The summed E-state index contributed by atoms with van der Waals surface area (Å²) in [6.45, 7) is 4.29. The molecule has 0 aliphatic rings. The zero-order chi connectivity index (χ0) is 23.0. The fourth-order valence-electron chi connectivity index (χ4n) is 3.96. The van der Waals surface area contributed by atoms with Gasteiger partial charge in [0, 0.05) is 22.7 Å². The predicted molar refractivity (Wildman–Crippen MR) is 142 cm³/mol. The van der Waals surface area contributed by atoms with Gasteiger partial charge in [-0.05, 0) is 59.2 Å². The molecule has 0 radical (unpaired) electrons. The highest BCUT2D eigenvalue weighted by molar-refractivity contribution is 5.88. The lowest BCUT2D eigenvalue weighted by molar-refractivity contribution is 0.512. The Morgan fingerprint density at radius 2 is 1.45 bits per heavy atom. The lowest BCUT2D eigenvalue weighted by Gasteiger charge is -2.07. The van der Waals surface area contributed by atoms with Crippen LogP contribution in [0.15, 0.2) is 97.2 Å². The van der Waals surface area contributed by atoms with Crippen LogP contribution in [0.5, 0.6) is 0 Å². The number of hydrogen-bond acceptors (Lipinski definition) is 1. The van der Waals surface area contributed by atoms with Crippen LogP contribution in [-0.2, 0) is 12.8 Å². The minimum Gasteiger partial charge on any atom is -0.507 e. The first-order valence-electron chi connectivity index (χ1n) is 11.7. The molecule has 0 bridgehead atoms. The molecule has 0 atom stereocenters. The van der Waals surface area contributed by atoms with E-state index in [1.54, 1.807) is 0 Å². The number of fused-ring (bicyclic) bond motifs is 1. The van der Waals surface area contributed by atoms with Gasteiger partial charge in [-0.15, -0.1) is 0 Å². The zero-order valence-corrected chi connectivity index (χ0v) is 19.4. The lowest BCUT2D eigenvalue weighted by Crippen LogP contribution is -1.89. The molecule has 2 nitrogen and oxygen atoms in total. The van der Waals surface area contributed by atoms with Gasteiger partial charge in [-0.3, -0.25) is 0 Å². The first kappa shape index (κ1) is 22.4. The van der Waals surface area contributed by atoms with E-state index in [0.717, 1.165) is 41.5 Å². The number of para-hydroxylation sites is 1. The lowest BCUT2D eigenvalue weighted by atomic mass is 9.99. The van der Waals surface area contributed by atoms with Crippen molar-refractivity contribution in [3.63, 3.8) is 0 Å². The summed E-state index contributed by atoms with van der Waals surface area (Å²) in [7, 11) is 0. The monoisotopic (exact) mass is 433 g/mol. The highest BCUT2D eigenvalue weighted by atomic mass is 16.3. The molecule has 3 aromatic carbocycles. The number of allylic oxidation sites excluding steroid dienone is 4. The number of aliphatic hydroxyl groups is 1. The number of aromatic nitrogens is 1. The number of nitrogens with one attached hydrogen (secondary N) is 1. The van der Waals surface area contributed by atoms with Gasteiger partial charge in [-0.25, -0.2) is 0 Å². The van der Waals surface area contributed by atoms with Gasteiger partial charge in [0.05, 0.1) is 0 Å². The van der Waals surface area contributed by atoms with Gasteiger partial charge < -0.3 is 10.1 Å². The van der Waals surface area contributed by atoms with E-state index in [9.17, 15) is 5.11 Å². The first-order valence-corrected chi connectivity index (χ1v) is 11.7. The molecule has 0 aliphatic carbocycles. The van der Waals surface area contributed by atoms with Gasteiger partial charge >= 0.3 is 0 Å². The van der Waals surface area contributed by atoms with E-state index in [1.165, 1.54) is 22.1 Å². The number of aryl methyl sites for hydroxylation is 2. The van der Waals surface area contributed by atoms with Crippen molar-refractivity contribution in [3.8, 4) is 0 Å². The Morgan fingerprint density at radius 1 is 0.818 bits per heavy atom. The Bertz CT molecular complexity index is 1290. The summed E-state index contributed by atoms with van der Waals surface area (Å²) in [5.41, 5.74) is 7.84. The summed E-state index contributed by atoms with van der Waals surface area (Å²) in [5, 5.41) is 12.1. The molecule has 0 saturated carbocycles. The van der Waals surface area contributed by atoms with E-state index in [2.05, 4.69) is 91.7 Å². The average Bonchev–Trinajstić information content (AvgIpc) is 3.29. The van der Waals surface area contributed by atoms with Crippen molar-refractivity contribution in [2.45, 2.75) is 33.1 Å². The van der Waals surface area contributed by atoms with Crippen molar-refractivity contribution in [2.75, 3.05) is 0 Å². The van der Waals surface area contributed by atoms with Crippen molar-refractivity contribution in [3.05, 3.63) is 125 Å². The smallest absolute Gasteiger partial charge is 0.123 e. The van der Waals surface area contributed by atoms with E-state index in [-0.39, 0.29) is 5.76 Å². The van der Waals surface area contributed by atoms with Crippen LogP contribution in [0.25, 0.3) is 28.3 Å². The Balaban J connectivity index is 1.60. The second-order valence-corrected chi connectivity index (χ2v) is 8.22. The standard InChI is InChI=1S/C31H31NO/c1-3-23-13-17-25(18-14-23)27(21-31(33)26-19-15-24(4-2)16-20-26)9-5-6-10-28-22-32-30-12-8-7-11-29(28)30/h6-22,32-33H,3-5H2,1-2H3/b10-6+,27-9+,31-21-.